The molecule has 2 rings (SSSR count). The maximum Gasteiger partial charge on any atom is 0.0809 e. The molecule has 0 aliphatic heterocycles. The molecular weight excluding hydrogens is 250 g/mol. The van der Waals surface area contributed by atoms with E-state index >= 15 is 0 Å². The maximum absolute atomic E-state index is 9.04. The Kier molecular flexibility index (Phi) is 4.84. The van der Waals surface area contributed by atoms with Gasteiger partial charge in [0.2, 0.25) is 0 Å². The van der Waals surface area contributed by atoms with Crippen LogP contribution in [0.1, 0.15) is 50.7 Å². The van der Waals surface area contributed by atoms with Crippen LogP contribution < -0.4 is 5.73 Å². The molecular formula is C17H27NO2. The number of hydrogen-bond acceptors (Lipinski definition) is 3. The molecule has 1 aliphatic carbocycles. The average molecular weight is 277 g/mol. The van der Waals surface area contributed by atoms with E-state index in [0.29, 0.717) is 18.6 Å². The second-order valence-corrected chi connectivity index (χ2v) is 6.81. The van der Waals surface area contributed by atoms with Crippen LogP contribution in [-0.4, -0.2) is 17.3 Å². The molecule has 0 unspecified atom stereocenters. The van der Waals surface area contributed by atoms with E-state index in [0.717, 1.165) is 24.0 Å². The molecule has 20 heavy (non-hydrogen) atoms. The summed E-state index contributed by atoms with van der Waals surface area (Å²) in [6.45, 7) is 5.92. The highest BCUT2D eigenvalue weighted by Gasteiger charge is 2.38. The molecule has 0 heterocycles. The molecule has 1 aliphatic rings. The van der Waals surface area contributed by atoms with Gasteiger partial charge in [0.05, 0.1) is 18.8 Å². The maximum atomic E-state index is 9.04. The number of nitrogens with two attached hydrogens (primary N) is 1. The molecule has 3 heteroatoms. The summed E-state index contributed by atoms with van der Waals surface area (Å²) in [6.07, 6.45) is 4.44. The zero-order valence-electron chi connectivity index (χ0n) is 12.7. The summed E-state index contributed by atoms with van der Waals surface area (Å²) in [5.74, 6) is 0. The first-order chi connectivity index (χ1) is 9.49. The molecule has 112 valence electrons. The van der Waals surface area contributed by atoms with Crippen LogP contribution in [0.2, 0.25) is 0 Å². The minimum atomic E-state index is -0.148. The highest BCUT2D eigenvalue weighted by Crippen LogP contribution is 2.41. The fourth-order valence-corrected chi connectivity index (χ4v) is 2.77. The molecule has 0 spiro atoms. The summed E-state index contributed by atoms with van der Waals surface area (Å²) in [7, 11) is 0. The lowest BCUT2D eigenvalue weighted by Gasteiger charge is -2.42. The molecule has 1 aromatic rings. The molecule has 1 aromatic carbocycles. The predicted molar refractivity (Wildman–Crippen MR) is 81.2 cm³/mol. The van der Waals surface area contributed by atoms with E-state index in [-0.39, 0.29) is 12.2 Å². The van der Waals surface area contributed by atoms with E-state index in [2.05, 4.69) is 13.8 Å². The normalized spacial score (nSPS) is 20.8. The van der Waals surface area contributed by atoms with Gasteiger partial charge in [0, 0.05) is 6.54 Å². The molecule has 3 N–H and O–H groups in total. The van der Waals surface area contributed by atoms with Crippen molar-refractivity contribution >= 4 is 0 Å². The number of ether oxygens (including phenoxy) is 1. The summed E-state index contributed by atoms with van der Waals surface area (Å²) in [5, 5.41) is 9.04. The highest BCUT2D eigenvalue weighted by atomic mass is 16.5. The Morgan fingerprint density at radius 3 is 2.10 bits per heavy atom. The van der Waals surface area contributed by atoms with Crippen LogP contribution >= 0.6 is 0 Å². The molecule has 1 saturated carbocycles. The molecule has 3 nitrogen and oxygen atoms in total. The van der Waals surface area contributed by atoms with Gasteiger partial charge in [-0.1, -0.05) is 38.1 Å². The van der Waals surface area contributed by atoms with Gasteiger partial charge in [-0.2, -0.15) is 0 Å². The first kappa shape index (κ1) is 15.5. The second kappa shape index (κ2) is 6.25. The zero-order valence-corrected chi connectivity index (χ0v) is 12.7. The minimum Gasteiger partial charge on any atom is -0.392 e. The average Bonchev–Trinajstić information content (AvgIpc) is 2.47. The van der Waals surface area contributed by atoms with Crippen molar-refractivity contribution in [2.24, 2.45) is 11.1 Å². The molecule has 0 bridgehead atoms. The van der Waals surface area contributed by atoms with Gasteiger partial charge in [-0.15, -0.1) is 0 Å². The van der Waals surface area contributed by atoms with Crippen molar-refractivity contribution in [3.63, 3.8) is 0 Å². The van der Waals surface area contributed by atoms with Crippen molar-refractivity contribution in [1.29, 1.82) is 0 Å². The number of aliphatic hydroxyl groups is 1. The quantitative estimate of drug-likeness (QED) is 0.870. The van der Waals surface area contributed by atoms with Crippen LogP contribution in [0.15, 0.2) is 24.3 Å². The van der Waals surface area contributed by atoms with E-state index in [9.17, 15) is 0 Å². The van der Waals surface area contributed by atoms with Crippen LogP contribution in [-0.2, 0) is 18.0 Å². The Morgan fingerprint density at radius 2 is 1.60 bits per heavy atom. The SMILES string of the molecule is CC1(C)CCC(CN)(OCc2ccc(CO)cc2)CC1. The third-order valence-corrected chi connectivity index (χ3v) is 4.64. The van der Waals surface area contributed by atoms with E-state index < -0.39 is 0 Å². The van der Waals surface area contributed by atoms with Crippen molar-refractivity contribution in [3.05, 3.63) is 35.4 Å². The molecule has 0 amide bonds. The highest BCUT2D eigenvalue weighted by molar-refractivity contribution is 5.21. The largest absolute Gasteiger partial charge is 0.392 e. The molecule has 0 radical (unpaired) electrons. The van der Waals surface area contributed by atoms with E-state index in [1.54, 1.807) is 0 Å². The van der Waals surface area contributed by atoms with Crippen molar-refractivity contribution in [3.8, 4) is 0 Å². The summed E-state index contributed by atoms with van der Waals surface area (Å²) in [4.78, 5) is 0. The van der Waals surface area contributed by atoms with Crippen LogP contribution in [0.3, 0.4) is 0 Å². The monoisotopic (exact) mass is 277 g/mol. The second-order valence-electron chi connectivity index (χ2n) is 6.81. The van der Waals surface area contributed by atoms with Crippen LogP contribution in [0.4, 0.5) is 0 Å². The van der Waals surface area contributed by atoms with Crippen molar-refractivity contribution in [1.82, 2.24) is 0 Å². The predicted octanol–water partition coefficient (Wildman–Crippen LogP) is 2.99. The van der Waals surface area contributed by atoms with Crippen LogP contribution in [0.5, 0.6) is 0 Å². The Hall–Kier alpha value is -0.900. The lowest BCUT2D eigenvalue weighted by Crippen LogP contribution is -2.45. The summed E-state index contributed by atoms with van der Waals surface area (Å²) >= 11 is 0. The summed E-state index contributed by atoms with van der Waals surface area (Å²) in [6, 6.07) is 7.92. The summed E-state index contributed by atoms with van der Waals surface area (Å²) in [5.41, 5.74) is 8.32. The standard InChI is InChI=1S/C17H27NO2/c1-16(2)7-9-17(13-18,10-8-16)20-12-15-5-3-14(11-19)4-6-15/h3-6,19H,7-13,18H2,1-2H3. The fraction of sp³-hybridized carbons (Fsp3) is 0.647. The number of hydrogen-bond donors (Lipinski definition) is 2. The Balaban J connectivity index is 1.93. The number of aliphatic hydroxyl groups excluding tert-OH is 1. The Morgan fingerprint density at radius 1 is 1.05 bits per heavy atom. The van der Waals surface area contributed by atoms with E-state index in [1.165, 1.54) is 12.8 Å². The minimum absolute atomic E-state index is 0.0863. The van der Waals surface area contributed by atoms with Crippen LogP contribution in [0, 0.1) is 5.41 Å². The first-order valence-corrected chi connectivity index (χ1v) is 7.51. The van der Waals surface area contributed by atoms with Gasteiger partial charge in [-0.3, -0.25) is 0 Å². The lowest BCUT2D eigenvalue weighted by molar-refractivity contribution is -0.0904. The smallest absolute Gasteiger partial charge is 0.0809 e. The van der Waals surface area contributed by atoms with E-state index in [1.807, 2.05) is 24.3 Å². The van der Waals surface area contributed by atoms with Gasteiger partial charge in [-0.25, -0.2) is 0 Å². The van der Waals surface area contributed by atoms with Gasteiger partial charge in [-0.05, 0) is 42.2 Å². The van der Waals surface area contributed by atoms with E-state index in [4.69, 9.17) is 15.6 Å². The molecule has 1 fully saturated rings. The van der Waals surface area contributed by atoms with Gasteiger partial charge < -0.3 is 15.6 Å². The Bertz CT molecular complexity index is 415. The molecule has 0 saturated heterocycles. The zero-order chi connectivity index (χ0) is 14.6. The lowest BCUT2D eigenvalue weighted by atomic mass is 9.71. The fourth-order valence-electron chi connectivity index (χ4n) is 2.77. The third-order valence-electron chi connectivity index (χ3n) is 4.64. The first-order valence-electron chi connectivity index (χ1n) is 7.51. The molecule has 0 atom stereocenters. The van der Waals surface area contributed by atoms with Crippen molar-refractivity contribution < 1.29 is 9.84 Å². The van der Waals surface area contributed by atoms with Crippen LogP contribution in [0.25, 0.3) is 0 Å². The molecule has 0 aromatic heterocycles. The number of benzene rings is 1. The van der Waals surface area contributed by atoms with Gasteiger partial charge in [0.1, 0.15) is 0 Å². The Labute approximate surface area is 122 Å². The van der Waals surface area contributed by atoms with Gasteiger partial charge in [0.25, 0.3) is 0 Å². The van der Waals surface area contributed by atoms with Crippen molar-refractivity contribution in [2.45, 2.75) is 58.3 Å². The van der Waals surface area contributed by atoms with Crippen molar-refractivity contribution in [2.75, 3.05) is 6.54 Å². The van der Waals surface area contributed by atoms with Gasteiger partial charge >= 0.3 is 0 Å². The third kappa shape index (κ3) is 3.81. The topological polar surface area (TPSA) is 55.5 Å². The van der Waals surface area contributed by atoms with Gasteiger partial charge in [0.15, 0.2) is 0 Å². The number of rotatable bonds is 5. The summed E-state index contributed by atoms with van der Waals surface area (Å²) < 4.78 is 6.19.